The van der Waals surface area contributed by atoms with Gasteiger partial charge in [-0.3, -0.25) is 4.98 Å². The minimum atomic E-state index is -0.198. The van der Waals surface area contributed by atoms with Crippen molar-refractivity contribution in [1.29, 1.82) is 0 Å². The van der Waals surface area contributed by atoms with E-state index in [0.29, 0.717) is 19.1 Å². The van der Waals surface area contributed by atoms with Gasteiger partial charge in [0.05, 0.1) is 13.2 Å². The predicted octanol–water partition coefficient (Wildman–Crippen LogP) is 2.86. The van der Waals surface area contributed by atoms with Gasteiger partial charge in [-0.05, 0) is 42.8 Å². The maximum atomic E-state index is 11.9. The average Bonchev–Trinajstić information content (AvgIpc) is 3.16. The van der Waals surface area contributed by atoms with Crippen molar-refractivity contribution in [1.82, 2.24) is 10.3 Å². The van der Waals surface area contributed by atoms with E-state index >= 15 is 0 Å². The molecule has 0 bridgehead atoms. The molecule has 1 aromatic heterocycles. The summed E-state index contributed by atoms with van der Waals surface area (Å²) in [5, 5.41) is 5.69. The number of amides is 2. The van der Waals surface area contributed by atoms with E-state index < -0.39 is 0 Å². The Kier molecular flexibility index (Phi) is 6.23. The maximum absolute atomic E-state index is 11.9. The summed E-state index contributed by atoms with van der Waals surface area (Å²) in [6.45, 7) is 2.72. The lowest BCUT2D eigenvalue weighted by molar-refractivity contribution is 0.185. The molecule has 6 heteroatoms. The number of rotatable bonds is 7. The topological polar surface area (TPSA) is 72.5 Å². The smallest absolute Gasteiger partial charge is 0.319 e. The number of carbonyl (C=O) groups excluding carboxylic acids is 1. The molecule has 1 unspecified atom stereocenters. The van der Waals surface area contributed by atoms with E-state index in [2.05, 4.69) is 15.6 Å². The van der Waals surface area contributed by atoms with Crippen LogP contribution in [0, 0.1) is 5.92 Å². The van der Waals surface area contributed by atoms with E-state index in [1.54, 1.807) is 6.20 Å². The van der Waals surface area contributed by atoms with Crippen LogP contribution in [0.2, 0.25) is 0 Å². The number of pyridine rings is 1. The van der Waals surface area contributed by atoms with E-state index in [1.807, 2.05) is 42.5 Å². The molecule has 0 saturated carbocycles. The molecule has 0 aliphatic carbocycles. The Balaban J connectivity index is 1.38. The van der Waals surface area contributed by atoms with Crippen molar-refractivity contribution >= 4 is 11.7 Å². The first-order valence-corrected chi connectivity index (χ1v) is 8.55. The van der Waals surface area contributed by atoms with Crippen LogP contribution in [0.1, 0.15) is 12.1 Å². The molecular weight excluding hydrogens is 318 g/mol. The quantitative estimate of drug-likeness (QED) is 0.812. The van der Waals surface area contributed by atoms with Crippen LogP contribution in [-0.2, 0) is 11.2 Å². The third-order valence-corrected chi connectivity index (χ3v) is 4.04. The third kappa shape index (κ3) is 5.76. The van der Waals surface area contributed by atoms with Crippen molar-refractivity contribution in [2.45, 2.75) is 12.8 Å². The largest absolute Gasteiger partial charge is 0.493 e. The van der Waals surface area contributed by atoms with Gasteiger partial charge in [0, 0.05) is 43.1 Å². The van der Waals surface area contributed by atoms with Crippen LogP contribution in [0.25, 0.3) is 0 Å². The Bertz CT molecular complexity index is 655. The van der Waals surface area contributed by atoms with Crippen LogP contribution in [0.3, 0.4) is 0 Å². The fourth-order valence-electron chi connectivity index (χ4n) is 2.61. The Hall–Kier alpha value is -2.60. The van der Waals surface area contributed by atoms with Crippen molar-refractivity contribution in [2.75, 3.05) is 31.7 Å². The van der Waals surface area contributed by atoms with Crippen molar-refractivity contribution in [3.8, 4) is 5.75 Å². The molecule has 1 aliphatic heterocycles. The molecule has 3 rings (SSSR count). The number of ether oxygens (including phenoxy) is 2. The van der Waals surface area contributed by atoms with Crippen LogP contribution in [0.15, 0.2) is 48.7 Å². The molecular formula is C19H23N3O3. The summed E-state index contributed by atoms with van der Waals surface area (Å²) in [4.78, 5) is 16.1. The molecule has 2 heterocycles. The molecule has 1 aliphatic rings. The van der Waals surface area contributed by atoms with Crippen LogP contribution in [0.5, 0.6) is 5.75 Å². The lowest BCUT2D eigenvalue weighted by Crippen LogP contribution is -2.33. The molecule has 132 valence electrons. The molecule has 0 spiro atoms. The summed E-state index contributed by atoms with van der Waals surface area (Å²) in [5.74, 6) is 1.19. The Morgan fingerprint density at radius 2 is 2.12 bits per heavy atom. The Morgan fingerprint density at radius 1 is 1.24 bits per heavy atom. The fraction of sp³-hybridized carbons (Fsp3) is 0.368. The summed E-state index contributed by atoms with van der Waals surface area (Å²) < 4.78 is 11.0. The standard InChI is InChI=1S/C19H23N3O3/c23-19(21-13-15-8-11-24-14-15)22-17-4-6-18(7-5-17)25-12-9-16-3-1-2-10-20-16/h1-7,10,15H,8-9,11-14H2,(H2,21,22,23). The van der Waals surface area contributed by atoms with E-state index in [9.17, 15) is 4.79 Å². The average molecular weight is 341 g/mol. The Labute approximate surface area is 147 Å². The summed E-state index contributed by atoms with van der Waals surface area (Å²) in [7, 11) is 0. The van der Waals surface area contributed by atoms with E-state index in [-0.39, 0.29) is 6.03 Å². The van der Waals surface area contributed by atoms with Crippen LogP contribution in [-0.4, -0.2) is 37.4 Å². The highest BCUT2D eigenvalue weighted by Gasteiger charge is 2.16. The highest BCUT2D eigenvalue weighted by molar-refractivity contribution is 5.89. The van der Waals surface area contributed by atoms with Gasteiger partial charge >= 0.3 is 6.03 Å². The van der Waals surface area contributed by atoms with Gasteiger partial charge in [-0.2, -0.15) is 0 Å². The first-order chi connectivity index (χ1) is 12.3. The normalized spacial score (nSPS) is 16.4. The number of hydrogen-bond acceptors (Lipinski definition) is 4. The molecule has 2 aromatic rings. The van der Waals surface area contributed by atoms with Crippen LogP contribution < -0.4 is 15.4 Å². The number of benzene rings is 1. The van der Waals surface area contributed by atoms with Gasteiger partial charge in [-0.15, -0.1) is 0 Å². The number of nitrogens with zero attached hydrogens (tertiary/aromatic N) is 1. The minimum Gasteiger partial charge on any atom is -0.493 e. The summed E-state index contributed by atoms with van der Waals surface area (Å²) in [6, 6.07) is 13.0. The van der Waals surface area contributed by atoms with Crippen molar-refractivity contribution in [3.63, 3.8) is 0 Å². The maximum Gasteiger partial charge on any atom is 0.319 e. The zero-order chi connectivity index (χ0) is 17.3. The second kappa shape index (κ2) is 9.03. The predicted molar refractivity (Wildman–Crippen MR) is 95.8 cm³/mol. The molecule has 1 aromatic carbocycles. The number of carbonyl (C=O) groups is 1. The number of nitrogens with one attached hydrogen (secondary N) is 2. The number of hydrogen-bond donors (Lipinski definition) is 2. The highest BCUT2D eigenvalue weighted by Crippen LogP contribution is 2.16. The van der Waals surface area contributed by atoms with Gasteiger partial charge < -0.3 is 20.1 Å². The summed E-state index contributed by atoms with van der Waals surface area (Å²) in [5.41, 5.74) is 1.74. The van der Waals surface area contributed by atoms with Gasteiger partial charge in [-0.1, -0.05) is 6.07 Å². The zero-order valence-corrected chi connectivity index (χ0v) is 14.1. The fourth-order valence-corrected chi connectivity index (χ4v) is 2.61. The molecule has 0 radical (unpaired) electrons. The van der Waals surface area contributed by atoms with Gasteiger partial charge in [0.2, 0.25) is 0 Å². The van der Waals surface area contributed by atoms with Gasteiger partial charge in [0.1, 0.15) is 5.75 Å². The van der Waals surface area contributed by atoms with Gasteiger partial charge in [0.15, 0.2) is 0 Å². The molecule has 1 atom stereocenters. The third-order valence-electron chi connectivity index (χ3n) is 4.04. The lowest BCUT2D eigenvalue weighted by atomic mass is 10.1. The lowest BCUT2D eigenvalue weighted by Gasteiger charge is -2.11. The molecule has 25 heavy (non-hydrogen) atoms. The zero-order valence-electron chi connectivity index (χ0n) is 14.1. The molecule has 2 N–H and O–H groups in total. The monoisotopic (exact) mass is 341 g/mol. The van der Waals surface area contributed by atoms with Gasteiger partial charge in [0.25, 0.3) is 0 Å². The van der Waals surface area contributed by atoms with Crippen LogP contribution >= 0.6 is 0 Å². The molecule has 6 nitrogen and oxygen atoms in total. The SMILES string of the molecule is O=C(NCC1CCOC1)Nc1ccc(OCCc2ccccn2)cc1. The molecule has 2 amide bonds. The minimum absolute atomic E-state index is 0.198. The summed E-state index contributed by atoms with van der Waals surface area (Å²) >= 11 is 0. The summed E-state index contributed by atoms with van der Waals surface area (Å²) in [6.07, 6.45) is 3.54. The second-order valence-corrected chi connectivity index (χ2v) is 6.01. The first-order valence-electron chi connectivity index (χ1n) is 8.55. The Morgan fingerprint density at radius 3 is 2.84 bits per heavy atom. The highest BCUT2D eigenvalue weighted by atomic mass is 16.5. The van der Waals surface area contributed by atoms with Crippen molar-refractivity contribution in [3.05, 3.63) is 54.4 Å². The van der Waals surface area contributed by atoms with E-state index in [0.717, 1.165) is 43.2 Å². The second-order valence-electron chi connectivity index (χ2n) is 6.01. The number of urea groups is 1. The van der Waals surface area contributed by atoms with Crippen LogP contribution in [0.4, 0.5) is 10.5 Å². The number of anilines is 1. The van der Waals surface area contributed by atoms with Crippen molar-refractivity contribution < 1.29 is 14.3 Å². The number of aromatic nitrogens is 1. The van der Waals surface area contributed by atoms with Crippen molar-refractivity contribution in [2.24, 2.45) is 5.92 Å². The molecule has 1 saturated heterocycles. The van der Waals surface area contributed by atoms with Gasteiger partial charge in [-0.25, -0.2) is 4.79 Å². The van der Waals surface area contributed by atoms with E-state index in [4.69, 9.17) is 9.47 Å². The van der Waals surface area contributed by atoms with E-state index in [1.165, 1.54) is 0 Å². The molecule has 1 fully saturated rings. The first kappa shape index (κ1) is 17.2.